The Morgan fingerprint density at radius 1 is 1.48 bits per heavy atom. The number of rotatable bonds is 7. The quantitative estimate of drug-likeness (QED) is 0.821. The number of aromatic nitrogens is 1. The second kappa shape index (κ2) is 9.03. The summed E-state index contributed by atoms with van der Waals surface area (Å²) in [5, 5.41) is 4.97. The van der Waals surface area contributed by atoms with E-state index in [4.69, 9.17) is 9.47 Å². The van der Waals surface area contributed by atoms with Crippen molar-refractivity contribution in [2.45, 2.75) is 38.0 Å². The molecular formula is C18H21FN2O3S. The lowest BCUT2D eigenvalue weighted by atomic mass is 10.0. The van der Waals surface area contributed by atoms with Gasteiger partial charge in [0.25, 0.3) is 0 Å². The zero-order valence-electron chi connectivity index (χ0n) is 13.8. The molecule has 0 radical (unpaired) electrons. The maximum atomic E-state index is 13.2. The number of benzene rings is 1. The van der Waals surface area contributed by atoms with Crippen LogP contribution in [0, 0.1) is 5.82 Å². The van der Waals surface area contributed by atoms with Gasteiger partial charge in [0.1, 0.15) is 11.9 Å². The number of aryl methyl sites for hydroxylation is 1. The molecule has 0 spiro atoms. The number of nitrogens with one attached hydrogen (secondary N) is 1. The standard InChI is InChI=1S/C18H21FN2O3S/c19-14-3-1-2-13(8-14)4-5-18(22)21-16-6-7-23-10-17(16)24-9-15-11-25-12-20-15/h1-3,8,11-12,16-17H,4-7,9-10H2,(H,21,22)/t16-,17-/m1/s1. The third-order valence-corrected chi connectivity index (χ3v) is 4.74. The van der Waals surface area contributed by atoms with Crippen LogP contribution in [0.25, 0.3) is 0 Å². The average molecular weight is 364 g/mol. The van der Waals surface area contributed by atoms with Gasteiger partial charge < -0.3 is 14.8 Å². The van der Waals surface area contributed by atoms with Gasteiger partial charge in [-0.3, -0.25) is 4.79 Å². The molecule has 0 bridgehead atoms. The summed E-state index contributed by atoms with van der Waals surface area (Å²) in [5.74, 6) is -0.337. The zero-order valence-corrected chi connectivity index (χ0v) is 14.6. The van der Waals surface area contributed by atoms with Crippen molar-refractivity contribution in [2.75, 3.05) is 13.2 Å². The average Bonchev–Trinajstić information content (AvgIpc) is 3.13. The molecule has 2 aromatic rings. The predicted molar refractivity (Wildman–Crippen MR) is 92.8 cm³/mol. The van der Waals surface area contributed by atoms with Crippen LogP contribution in [0.1, 0.15) is 24.1 Å². The normalized spacial score (nSPS) is 20.4. The fraction of sp³-hybridized carbons (Fsp3) is 0.444. The van der Waals surface area contributed by atoms with E-state index in [1.807, 2.05) is 11.4 Å². The van der Waals surface area contributed by atoms with Gasteiger partial charge in [0.15, 0.2) is 0 Å². The van der Waals surface area contributed by atoms with Crippen LogP contribution in [0.3, 0.4) is 0 Å². The van der Waals surface area contributed by atoms with Crippen molar-refractivity contribution in [1.29, 1.82) is 0 Å². The van der Waals surface area contributed by atoms with E-state index in [0.717, 1.165) is 11.3 Å². The van der Waals surface area contributed by atoms with Crippen LogP contribution in [-0.4, -0.2) is 36.3 Å². The summed E-state index contributed by atoms with van der Waals surface area (Å²) in [6.45, 7) is 1.47. The Kier molecular flexibility index (Phi) is 6.49. The lowest BCUT2D eigenvalue weighted by Crippen LogP contribution is -2.50. The number of hydrogen-bond donors (Lipinski definition) is 1. The first-order valence-electron chi connectivity index (χ1n) is 8.31. The van der Waals surface area contributed by atoms with Gasteiger partial charge >= 0.3 is 0 Å². The molecule has 2 heterocycles. The minimum atomic E-state index is -0.280. The largest absolute Gasteiger partial charge is 0.379 e. The van der Waals surface area contributed by atoms with Crippen LogP contribution in [0.15, 0.2) is 35.2 Å². The van der Waals surface area contributed by atoms with E-state index >= 15 is 0 Å². The van der Waals surface area contributed by atoms with Gasteiger partial charge in [-0.25, -0.2) is 9.37 Å². The summed E-state index contributed by atoms with van der Waals surface area (Å²) in [6.07, 6.45) is 1.36. The monoisotopic (exact) mass is 364 g/mol. The lowest BCUT2D eigenvalue weighted by molar-refractivity contribution is -0.126. The van der Waals surface area contributed by atoms with Crippen molar-refractivity contribution in [3.63, 3.8) is 0 Å². The van der Waals surface area contributed by atoms with E-state index in [0.29, 0.717) is 39.1 Å². The third kappa shape index (κ3) is 5.59. The SMILES string of the molecule is O=C(CCc1cccc(F)c1)N[C@@H]1CCOC[C@H]1OCc1cscn1. The van der Waals surface area contributed by atoms with Crippen LogP contribution >= 0.6 is 11.3 Å². The molecular weight excluding hydrogens is 343 g/mol. The lowest BCUT2D eigenvalue weighted by Gasteiger charge is -2.32. The second-order valence-corrected chi connectivity index (χ2v) is 6.72. The van der Waals surface area contributed by atoms with Crippen LogP contribution in [-0.2, 0) is 27.3 Å². The number of hydrogen-bond acceptors (Lipinski definition) is 5. The molecule has 1 N–H and O–H groups in total. The maximum absolute atomic E-state index is 13.2. The molecule has 0 aliphatic carbocycles. The van der Waals surface area contributed by atoms with Crippen molar-refractivity contribution in [1.82, 2.24) is 10.3 Å². The summed E-state index contributed by atoms with van der Waals surface area (Å²) in [7, 11) is 0. The molecule has 1 aromatic carbocycles. The molecule has 25 heavy (non-hydrogen) atoms. The van der Waals surface area contributed by atoms with Crippen molar-refractivity contribution >= 4 is 17.2 Å². The molecule has 1 amide bonds. The first kappa shape index (κ1) is 18.0. The first-order valence-corrected chi connectivity index (χ1v) is 9.25. The highest BCUT2D eigenvalue weighted by Gasteiger charge is 2.28. The third-order valence-electron chi connectivity index (χ3n) is 4.11. The van der Waals surface area contributed by atoms with E-state index in [1.165, 1.54) is 23.5 Å². The molecule has 0 saturated carbocycles. The van der Waals surface area contributed by atoms with Crippen molar-refractivity contribution < 1.29 is 18.7 Å². The van der Waals surface area contributed by atoms with Gasteiger partial charge in [0.05, 0.1) is 30.5 Å². The molecule has 1 saturated heterocycles. The van der Waals surface area contributed by atoms with Gasteiger partial charge in [-0.15, -0.1) is 11.3 Å². The molecule has 1 aromatic heterocycles. The Morgan fingerprint density at radius 3 is 3.20 bits per heavy atom. The van der Waals surface area contributed by atoms with E-state index in [2.05, 4.69) is 10.3 Å². The van der Waals surface area contributed by atoms with Crippen LogP contribution in [0.5, 0.6) is 0 Å². The Labute approximate surface area is 150 Å². The predicted octanol–water partition coefficient (Wildman–Crippen LogP) is 2.71. The van der Waals surface area contributed by atoms with Crippen molar-refractivity contribution in [3.8, 4) is 0 Å². The maximum Gasteiger partial charge on any atom is 0.220 e. The Balaban J connectivity index is 1.47. The Morgan fingerprint density at radius 2 is 2.40 bits per heavy atom. The molecule has 0 unspecified atom stereocenters. The number of carbonyl (C=O) groups excluding carboxylic acids is 1. The number of carbonyl (C=O) groups is 1. The molecule has 5 nitrogen and oxygen atoms in total. The van der Waals surface area contributed by atoms with Gasteiger partial charge in [-0.2, -0.15) is 0 Å². The molecule has 2 atom stereocenters. The minimum absolute atomic E-state index is 0.0570. The summed E-state index contributed by atoms with van der Waals surface area (Å²) in [4.78, 5) is 16.4. The highest BCUT2D eigenvalue weighted by Crippen LogP contribution is 2.15. The fourth-order valence-electron chi connectivity index (χ4n) is 2.77. The summed E-state index contributed by atoms with van der Waals surface area (Å²) in [5.41, 5.74) is 3.46. The van der Waals surface area contributed by atoms with E-state index in [1.54, 1.807) is 11.6 Å². The Bertz CT molecular complexity index is 681. The fourth-order valence-corrected chi connectivity index (χ4v) is 3.31. The van der Waals surface area contributed by atoms with E-state index in [-0.39, 0.29) is 23.9 Å². The second-order valence-electron chi connectivity index (χ2n) is 6.00. The summed E-state index contributed by atoms with van der Waals surface area (Å²) >= 11 is 1.52. The molecule has 7 heteroatoms. The van der Waals surface area contributed by atoms with Crippen LogP contribution < -0.4 is 5.32 Å². The number of ether oxygens (including phenoxy) is 2. The van der Waals surface area contributed by atoms with Gasteiger partial charge in [-0.05, 0) is 30.5 Å². The first-order chi connectivity index (χ1) is 12.2. The van der Waals surface area contributed by atoms with Gasteiger partial charge in [0, 0.05) is 18.4 Å². The van der Waals surface area contributed by atoms with Crippen molar-refractivity contribution in [3.05, 3.63) is 52.2 Å². The molecule has 1 fully saturated rings. The molecule has 1 aliphatic rings. The Hall–Kier alpha value is -1.83. The molecule has 3 rings (SSSR count). The van der Waals surface area contributed by atoms with Crippen LogP contribution in [0.2, 0.25) is 0 Å². The highest BCUT2D eigenvalue weighted by molar-refractivity contribution is 7.07. The minimum Gasteiger partial charge on any atom is -0.379 e. The number of nitrogens with zero attached hydrogens (tertiary/aromatic N) is 1. The highest BCUT2D eigenvalue weighted by atomic mass is 32.1. The zero-order chi connectivity index (χ0) is 17.5. The topological polar surface area (TPSA) is 60.5 Å². The number of thiazole rings is 1. The van der Waals surface area contributed by atoms with E-state index < -0.39 is 0 Å². The van der Waals surface area contributed by atoms with E-state index in [9.17, 15) is 9.18 Å². The molecule has 1 aliphatic heterocycles. The van der Waals surface area contributed by atoms with Crippen molar-refractivity contribution in [2.24, 2.45) is 0 Å². The smallest absolute Gasteiger partial charge is 0.220 e. The summed E-state index contributed by atoms with van der Waals surface area (Å²) in [6, 6.07) is 6.26. The van der Waals surface area contributed by atoms with Gasteiger partial charge in [-0.1, -0.05) is 12.1 Å². The van der Waals surface area contributed by atoms with Crippen LogP contribution in [0.4, 0.5) is 4.39 Å². The van der Waals surface area contributed by atoms with Gasteiger partial charge in [0.2, 0.25) is 5.91 Å². The summed E-state index contributed by atoms with van der Waals surface area (Å²) < 4.78 is 24.5. The molecule has 134 valence electrons. The number of halogens is 1. The number of amides is 1.